The predicted molar refractivity (Wildman–Crippen MR) is 148 cm³/mol. The highest BCUT2D eigenvalue weighted by Gasteiger charge is 2.46. The standard InChI is InChI=1S/C28H18Cl2N2O5S/c1-2-36-16-8-10-19-22(13-16)38-28(31-19)32-24(15-7-9-17(29)18(30)11-15)23(26(34)27(32)35)25(33)21-12-14-5-3-4-6-20(14)37-21/h3-13,24,34H,2H2,1H3. The number of ether oxygens (including phenoxy) is 1. The number of nitrogens with zero attached hydrogens (tertiary/aromatic N) is 2. The van der Waals surface area contributed by atoms with E-state index < -0.39 is 23.5 Å². The summed E-state index contributed by atoms with van der Waals surface area (Å²) >= 11 is 13.7. The predicted octanol–water partition coefficient (Wildman–Crippen LogP) is 7.53. The number of hydrogen-bond acceptors (Lipinski definition) is 7. The maximum absolute atomic E-state index is 13.8. The van der Waals surface area contributed by atoms with Crippen molar-refractivity contribution in [2.75, 3.05) is 11.5 Å². The molecule has 0 bridgehead atoms. The topological polar surface area (TPSA) is 92.9 Å². The Kier molecular flexibility index (Phi) is 6.10. The third kappa shape index (κ3) is 4.01. The van der Waals surface area contributed by atoms with Gasteiger partial charge in [-0.05, 0) is 55.0 Å². The molecule has 1 aliphatic heterocycles. The summed E-state index contributed by atoms with van der Waals surface area (Å²) in [6.07, 6.45) is 0. The second kappa shape index (κ2) is 9.47. The Hall–Kier alpha value is -3.85. The summed E-state index contributed by atoms with van der Waals surface area (Å²) in [5.41, 5.74) is 1.50. The first-order valence-corrected chi connectivity index (χ1v) is 13.2. The lowest BCUT2D eigenvalue weighted by molar-refractivity contribution is -0.117. The molecule has 0 radical (unpaired) electrons. The Balaban J connectivity index is 1.50. The van der Waals surface area contributed by atoms with Crippen LogP contribution < -0.4 is 9.64 Å². The van der Waals surface area contributed by atoms with Crippen molar-refractivity contribution in [1.29, 1.82) is 0 Å². The smallest absolute Gasteiger partial charge is 0.296 e. The Bertz CT molecular complexity index is 1760. The number of para-hydroxylation sites is 1. The largest absolute Gasteiger partial charge is 0.503 e. The van der Waals surface area contributed by atoms with Crippen molar-refractivity contribution in [3.63, 3.8) is 0 Å². The zero-order valence-corrected chi connectivity index (χ0v) is 22.1. The van der Waals surface area contributed by atoms with E-state index in [4.69, 9.17) is 32.4 Å². The van der Waals surface area contributed by atoms with Crippen LogP contribution in [-0.4, -0.2) is 28.4 Å². The molecule has 2 aromatic heterocycles. The van der Waals surface area contributed by atoms with Crippen LogP contribution in [0.5, 0.6) is 5.75 Å². The molecule has 0 saturated carbocycles. The second-order valence-corrected chi connectivity index (χ2v) is 10.4. The molecular weight excluding hydrogens is 547 g/mol. The van der Waals surface area contributed by atoms with E-state index in [9.17, 15) is 14.7 Å². The van der Waals surface area contributed by atoms with Crippen LogP contribution in [0.15, 0.2) is 82.5 Å². The van der Waals surface area contributed by atoms with Crippen LogP contribution >= 0.6 is 34.5 Å². The van der Waals surface area contributed by atoms with Gasteiger partial charge in [0.25, 0.3) is 5.91 Å². The number of rotatable bonds is 6. The SMILES string of the molecule is CCOc1ccc2nc(N3C(=O)C(O)=C(C(=O)c4cc5ccccc5o4)C3c3ccc(Cl)c(Cl)c3)sc2c1. The van der Waals surface area contributed by atoms with Crippen molar-refractivity contribution in [2.45, 2.75) is 13.0 Å². The van der Waals surface area contributed by atoms with Gasteiger partial charge in [-0.1, -0.05) is 58.8 Å². The van der Waals surface area contributed by atoms with Crippen molar-refractivity contribution >= 4 is 72.5 Å². The van der Waals surface area contributed by atoms with Gasteiger partial charge in [0.15, 0.2) is 16.7 Å². The van der Waals surface area contributed by atoms with Crippen molar-refractivity contribution in [1.82, 2.24) is 4.98 Å². The van der Waals surface area contributed by atoms with Gasteiger partial charge in [0.1, 0.15) is 11.3 Å². The number of aromatic nitrogens is 1. The number of ketones is 1. The lowest BCUT2D eigenvalue weighted by Gasteiger charge is -2.24. The Morgan fingerprint density at radius 3 is 2.68 bits per heavy atom. The number of benzene rings is 3. The van der Waals surface area contributed by atoms with Crippen molar-refractivity contribution in [3.8, 4) is 5.75 Å². The van der Waals surface area contributed by atoms with Gasteiger partial charge in [-0.25, -0.2) is 4.98 Å². The number of anilines is 1. The highest BCUT2D eigenvalue weighted by molar-refractivity contribution is 7.22. The number of halogens is 2. The summed E-state index contributed by atoms with van der Waals surface area (Å²) in [4.78, 5) is 33.3. The minimum atomic E-state index is -1.02. The molecule has 190 valence electrons. The van der Waals surface area contributed by atoms with E-state index in [1.54, 1.807) is 48.5 Å². The molecule has 3 heterocycles. The molecule has 1 N–H and O–H groups in total. The molecule has 38 heavy (non-hydrogen) atoms. The van der Waals surface area contributed by atoms with E-state index in [1.165, 1.54) is 16.2 Å². The van der Waals surface area contributed by atoms with E-state index >= 15 is 0 Å². The van der Waals surface area contributed by atoms with Crippen LogP contribution in [0.3, 0.4) is 0 Å². The van der Waals surface area contributed by atoms with Crippen molar-refractivity contribution < 1.29 is 23.8 Å². The van der Waals surface area contributed by atoms with Crippen molar-refractivity contribution in [2.24, 2.45) is 0 Å². The second-order valence-electron chi connectivity index (χ2n) is 8.55. The Morgan fingerprint density at radius 2 is 1.92 bits per heavy atom. The molecule has 0 aliphatic carbocycles. The number of aliphatic hydroxyl groups is 1. The van der Waals surface area contributed by atoms with Gasteiger partial charge in [0.2, 0.25) is 5.78 Å². The van der Waals surface area contributed by atoms with Crippen LogP contribution in [0.2, 0.25) is 10.0 Å². The minimum Gasteiger partial charge on any atom is -0.503 e. The molecule has 0 fully saturated rings. The summed E-state index contributed by atoms with van der Waals surface area (Å²) in [5, 5.41) is 12.6. The van der Waals surface area contributed by atoms with Gasteiger partial charge in [0.05, 0.1) is 38.5 Å². The van der Waals surface area contributed by atoms with E-state index in [0.717, 1.165) is 10.1 Å². The number of carbonyl (C=O) groups excluding carboxylic acids is 2. The monoisotopic (exact) mass is 564 g/mol. The number of furan rings is 1. The molecule has 1 unspecified atom stereocenters. The molecule has 1 aliphatic rings. The maximum atomic E-state index is 13.8. The average molecular weight is 565 g/mol. The van der Waals surface area contributed by atoms with Crippen LogP contribution in [-0.2, 0) is 4.79 Å². The third-order valence-corrected chi connectivity index (χ3v) is 7.98. The normalized spacial score (nSPS) is 15.7. The highest BCUT2D eigenvalue weighted by atomic mass is 35.5. The fourth-order valence-corrected chi connectivity index (χ4v) is 5.84. The number of carbonyl (C=O) groups is 2. The summed E-state index contributed by atoms with van der Waals surface area (Å²) in [6, 6.07) is 18.0. The van der Waals surface area contributed by atoms with Crippen LogP contribution in [0.4, 0.5) is 5.13 Å². The Labute approximate surface area is 230 Å². The quantitative estimate of drug-likeness (QED) is 0.214. The molecule has 1 amide bonds. The van der Waals surface area contributed by atoms with Gasteiger partial charge in [0, 0.05) is 5.39 Å². The first-order valence-electron chi connectivity index (χ1n) is 11.6. The number of amides is 1. The molecule has 10 heteroatoms. The van der Waals surface area contributed by atoms with Crippen LogP contribution in [0.25, 0.3) is 21.2 Å². The number of thiazole rings is 1. The molecule has 0 saturated heterocycles. The number of hydrogen-bond donors (Lipinski definition) is 1. The summed E-state index contributed by atoms with van der Waals surface area (Å²) in [5.74, 6) is -1.39. The highest BCUT2D eigenvalue weighted by Crippen LogP contribution is 2.45. The number of Topliss-reactive ketones (excluding diaryl/α,β-unsaturated/α-hetero) is 1. The molecule has 3 aromatic carbocycles. The molecule has 6 rings (SSSR count). The fraction of sp³-hybridized carbons (Fsp3) is 0.107. The van der Waals surface area contributed by atoms with Gasteiger partial charge in [-0.15, -0.1) is 0 Å². The summed E-state index contributed by atoms with van der Waals surface area (Å²) < 4.78 is 12.2. The number of fused-ring (bicyclic) bond motifs is 2. The van der Waals surface area contributed by atoms with E-state index in [2.05, 4.69) is 4.98 Å². The first kappa shape index (κ1) is 24.5. The van der Waals surface area contributed by atoms with Crippen molar-refractivity contribution in [3.05, 3.63) is 99.4 Å². The van der Waals surface area contributed by atoms with Gasteiger partial charge in [-0.2, -0.15) is 0 Å². The van der Waals surface area contributed by atoms with Crippen LogP contribution in [0, 0.1) is 0 Å². The molecule has 5 aromatic rings. The van der Waals surface area contributed by atoms with E-state index in [0.29, 0.717) is 39.2 Å². The molecule has 1 atom stereocenters. The minimum absolute atomic E-state index is 0.00174. The zero-order chi connectivity index (χ0) is 26.6. The fourth-order valence-electron chi connectivity index (χ4n) is 4.51. The molecule has 7 nitrogen and oxygen atoms in total. The molecular formula is C28H18Cl2N2O5S. The van der Waals surface area contributed by atoms with Gasteiger partial charge >= 0.3 is 0 Å². The first-order chi connectivity index (χ1) is 18.4. The van der Waals surface area contributed by atoms with E-state index in [-0.39, 0.29) is 16.4 Å². The lowest BCUT2D eigenvalue weighted by Crippen LogP contribution is -2.31. The lowest BCUT2D eigenvalue weighted by atomic mass is 9.95. The third-order valence-electron chi connectivity index (χ3n) is 6.23. The number of aliphatic hydroxyl groups excluding tert-OH is 1. The van der Waals surface area contributed by atoms with E-state index in [1.807, 2.05) is 25.1 Å². The van der Waals surface area contributed by atoms with Gasteiger partial charge < -0.3 is 14.3 Å². The molecule has 0 spiro atoms. The maximum Gasteiger partial charge on any atom is 0.296 e. The van der Waals surface area contributed by atoms with Crippen LogP contribution in [0.1, 0.15) is 29.1 Å². The Morgan fingerprint density at radius 1 is 1.11 bits per heavy atom. The average Bonchev–Trinajstić information content (AvgIpc) is 3.59. The zero-order valence-electron chi connectivity index (χ0n) is 19.8. The summed E-state index contributed by atoms with van der Waals surface area (Å²) in [6.45, 7) is 2.40. The summed E-state index contributed by atoms with van der Waals surface area (Å²) in [7, 11) is 0. The van der Waals surface area contributed by atoms with Gasteiger partial charge in [-0.3, -0.25) is 14.5 Å².